The standard InChI is InChI=1S/C15H19N3O2/c1-2-7-16-12(3-1)6-8-19-11-15-9-14(18-20-15)10-17-13-4-5-13/h1-3,7,9,13,17H,4-6,8,10-11H2. The predicted molar refractivity (Wildman–Crippen MR) is 74.0 cm³/mol. The molecule has 2 heterocycles. The number of hydrogen-bond donors (Lipinski definition) is 1. The Kier molecular flexibility index (Phi) is 4.40. The first-order valence-corrected chi connectivity index (χ1v) is 7.05. The average Bonchev–Trinajstić information content (AvgIpc) is 3.21. The molecule has 1 aliphatic carbocycles. The molecule has 0 amide bonds. The van der Waals surface area contributed by atoms with Crippen LogP contribution in [0.2, 0.25) is 0 Å². The van der Waals surface area contributed by atoms with Crippen molar-refractivity contribution in [1.29, 1.82) is 0 Å². The van der Waals surface area contributed by atoms with E-state index in [0.717, 1.165) is 30.1 Å². The van der Waals surface area contributed by atoms with E-state index in [0.29, 0.717) is 19.3 Å². The van der Waals surface area contributed by atoms with E-state index in [4.69, 9.17) is 9.26 Å². The van der Waals surface area contributed by atoms with Crippen molar-refractivity contribution < 1.29 is 9.26 Å². The predicted octanol–water partition coefficient (Wildman–Crippen LogP) is 2.08. The molecule has 1 aliphatic rings. The van der Waals surface area contributed by atoms with Crippen molar-refractivity contribution >= 4 is 0 Å². The molecular formula is C15H19N3O2. The maximum atomic E-state index is 5.58. The van der Waals surface area contributed by atoms with Crippen LogP contribution < -0.4 is 5.32 Å². The van der Waals surface area contributed by atoms with Gasteiger partial charge in [-0.2, -0.15) is 0 Å². The van der Waals surface area contributed by atoms with E-state index in [2.05, 4.69) is 15.5 Å². The van der Waals surface area contributed by atoms with Gasteiger partial charge in [0.25, 0.3) is 0 Å². The lowest BCUT2D eigenvalue weighted by atomic mass is 10.3. The van der Waals surface area contributed by atoms with Gasteiger partial charge >= 0.3 is 0 Å². The van der Waals surface area contributed by atoms with Crippen molar-refractivity contribution in [3.63, 3.8) is 0 Å². The summed E-state index contributed by atoms with van der Waals surface area (Å²) in [5, 5.41) is 7.43. The molecule has 0 bridgehead atoms. The summed E-state index contributed by atoms with van der Waals surface area (Å²) < 4.78 is 10.8. The van der Waals surface area contributed by atoms with Crippen LogP contribution in [0, 0.1) is 0 Å². The molecule has 0 aliphatic heterocycles. The minimum Gasteiger partial charge on any atom is -0.373 e. The van der Waals surface area contributed by atoms with Gasteiger partial charge in [0.15, 0.2) is 5.76 Å². The summed E-state index contributed by atoms with van der Waals surface area (Å²) in [5.41, 5.74) is 1.99. The lowest BCUT2D eigenvalue weighted by molar-refractivity contribution is 0.103. The van der Waals surface area contributed by atoms with E-state index in [-0.39, 0.29) is 0 Å². The Morgan fingerprint density at radius 3 is 3.05 bits per heavy atom. The molecule has 1 fully saturated rings. The van der Waals surface area contributed by atoms with Crippen LogP contribution in [0.25, 0.3) is 0 Å². The van der Waals surface area contributed by atoms with Crippen molar-refractivity contribution in [2.45, 2.75) is 38.5 Å². The molecular weight excluding hydrogens is 254 g/mol. The first kappa shape index (κ1) is 13.3. The van der Waals surface area contributed by atoms with Gasteiger partial charge < -0.3 is 14.6 Å². The Bertz CT molecular complexity index is 523. The molecule has 0 aromatic carbocycles. The van der Waals surface area contributed by atoms with Crippen LogP contribution in [0.5, 0.6) is 0 Å². The molecule has 2 aromatic heterocycles. The van der Waals surface area contributed by atoms with Gasteiger partial charge in [-0.3, -0.25) is 4.98 Å². The van der Waals surface area contributed by atoms with Gasteiger partial charge in [-0.05, 0) is 25.0 Å². The topological polar surface area (TPSA) is 60.2 Å². The van der Waals surface area contributed by atoms with E-state index in [9.17, 15) is 0 Å². The largest absolute Gasteiger partial charge is 0.373 e. The number of pyridine rings is 1. The highest BCUT2D eigenvalue weighted by molar-refractivity contribution is 5.05. The summed E-state index contributed by atoms with van der Waals surface area (Å²) in [6.45, 7) is 1.87. The molecule has 0 radical (unpaired) electrons. The fourth-order valence-corrected chi connectivity index (χ4v) is 1.94. The second-order valence-corrected chi connectivity index (χ2v) is 5.06. The zero-order valence-corrected chi connectivity index (χ0v) is 11.4. The summed E-state index contributed by atoms with van der Waals surface area (Å²) in [6.07, 6.45) is 5.17. The zero-order valence-electron chi connectivity index (χ0n) is 11.4. The minimum atomic E-state index is 0.462. The number of ether oxygens (including phenoxy) is 1. The Balaban J connectivity index is 1.35. The monoisotopic (exact) mass is 273 g/mol. The highest BCUT2D eigenvalue weighted by Gasteiger charge is 2.20. The highest BCUT2D eigenvalue weighted by atomic mass is 16.5. The van der Waals surface area contributed by atoms with Gasteiger partial charge in [-0.1, -0.05) is 11.2 Å². The van der Waals surface area contributed by atoms with Crippen molar-refractivity contribution in [1.82, 2.24) is 15.5 Å². The van der Waals surface area contributed by atoms with Gasteiger partial charge in [0.1, 0.15) is 6.61 Å². The minimum absolute atomic E-state index is 0.462. The Morgan fingerprint density at radius 1 is 1.30 bits per heavy atom. The Morgan fingerprint density at radius 2 is 2.25 bits per heavy atom. The van der Waals surface area contributed by atoms with Crippen molar-refractivity contribution in [3.05, 3.63) is 47.6 Å². The number of nitrogens with zero attached hydrogens (tertiary/aromatic N) is 2. The average molecular weight is 273 g/mol. The van der Waals surface area contributed by atoms with Gasteiger partial charge in [-0.25, -0.2) is 0 Å². The molecule has 0 unspecified atom stereocenters. The van der Waals surface area contributed by atoms with Crippen molar-refractivity contribution in [2.75, 3.05) is 6.61 Å². The lowest BCUT2D eigenvalue weighted by Gasteiger charge is -2.01. The molecule has 5 heteroatoms. The second-order valence-electron chi connectivity index (χ2n) is 5.06. The van der Waals surface area contributed by atoms with Crippen LogP contribution in [-0.4, -0.2) is 22.8 Å². The Labute approximate surface area is 118 Å². The molecule has 0 spiro atoms. The van der Waals surface area contributed by atoms with Gasteiger partial charge in [0, 0.05) is 37.0 Å². The van der Waals surface area contributed by atoms with Gasteiger partial charge in [0.2, 0.25) is 0 Å². The third-order valence-electron chi connectivity index (χ3n) is 3.23. The van der Waals surface area contributed by atoms with Crippen molar-refractivity contribution in [2.24, 2.45) is 0 Å². The van der Waals surface area contributed by atoms with Crippen LogP contribution in [-0.2, 0) is 24.3 Å². The summed E-state index contributed by atoms with van der Waals surface area (Å²) in [5.74, 6) is 0.776. The van der Waals surface area contributed by atoms with Gasteiger partial charge in [-0.15, -0.1) is 0 Å². The molecule has 0 saturated heterocycles. The molecule has 2 aromatic rings. The van der Waals surface area contributed by atoms with E-state index in [1.165, 1.54) is 12.8 Å². The van der Waals surface area contributed by atoms with E-state index < -0.39 is 0 Å². The van der Waals surface area contributed by atoms with Crippen LogP contribution in [0.3, 0.4) is 0 Å². The van der Waals surface area contributed by atoms with E-state index >= 15 is 0 Å². The third kappa shape index (κ3) is 4.15. The maximum Gasteiger partial charge on any atom is 0.162 e. The van der Waals surface area contributed by atoms with Crippen LogP contribution >= 0.6 is 0 Å². The highest BCUT2D eigenvalue weighted by Crippen LogP contribution is 2.19. The quantitative estimate of drug-likeness (QED) is 0.746. The first-order valence-electron chi connectivity index (χ1n) is 7.05. The summed E-state index contributed by atoms with van der Waals surface area (Å²) in [7, 11) is 0. The van der Waals surface area contributed by atoms with E-state index in [1.807, 2.05) is 24.3 Å². The fraction of sp³-hybridized carbons (Fsp3) is 0.467. The first-order chi connectivity index (χ1) is 9.90. The molecule has 0 atom stereocenters. The van der Waals surface area contributed by atoms with Gasteiger partial charge in [0.05, 0.1) is 12.3 Å². The SMILES string of the molecule is c1ccc(CCOCc2cc(CNC3CC3)no2)nc1. The van der Waals surface area contributed by atoms with Crippen LogP contribution in [0.4, 0.5) is 0 Å². The fourth-order valence-electron chi connectivity index (χ4n) is 1.94. The van der Waals surface area contributed by atoms with E-state index in [1.54, 1.807) is 6.20 Å². The summed E-state index contributed by atoms with van der Waals surface area (Å²) in [4.78, 5) is 4.25. The molecule has 106 valence electrons. The number of aromatic nitrogens is 2. The Hall–Kier alpha value is -1.72. The normalized spacial score (nSPS) is 14.6. The molecule has 5 nitrogen and oxygen atoms in total. The smallest absolute Gasteiger partial charge is 0.162 e. The number of rotatable bonds is 8. The molecule has 3 rings (SSSR count). The second kappa shape index (κ2) is 6.63. The molecule has 1 saturated carbocycles. The third-order valence-corrected chi connectivity index (χ3v) is 3.23. The number of hydrogen-bond acceptors (Lipinski definition) is 5. The number of nitrogens with one attached hydrogen (secondary N) is 1. The lowest BCUT2D eigenvalue weighted by Crippen LogP contribution is -2.15. The maximum absolute atomic E-state index is 5.58. The van der Waals surface area contributed by atoms with Crippen LogP contribution in [0.1, 0.15) is 30.0 Å². The van der Waals surface area contributed by atoms with Crippen LogP contribution in [0.15, 0.2) is 35.0 Å². The van der Waals surface area contributed by atoms with Crippen molar-refractivity contribution in [3.8, 4) is 0 Å². The summed E-state index contributed by atoms with van der Waals surface area (Å²) in [6, 6.07) is 8.54. The zero-order chi connectivity index (χ0) is 13.6. The molecule has 20 heavy (non-hydrogen) atoms. The molecule has 1 N–H and O–H groups in total. The summed E-state index contributed by atoms with van der Waals surface area (Å²) >= 11 is 0.